The molecule has 15 nitrogen and oxygen atoms in total. The summed E-state index contributed by atoms with van der Waals surface area (Å²) in [4.78, 5) is 52.8. The molecule has 0 saturated heterocycles. The molecule has 0 fully saturated rings. The highest BCUT2D eigenvalue weighted by Gasteiger charge is 2.28. The summed E-state index contributed by atoms with van der Waals surface area (Å²) in [6.07, 6.45) is 32.8. The monoisotopic (exact) mass is 939 g/mol. The number of esters is 2. The van der Waals surface area contributed by atoms with Crippen molar-refractivity contribution in [2.45, 2.75) is 199 Å². The van der Waals surface area contributed by atoms with E-state index in [1.54, 1.807) is 6.08 Å². The Morgan fingerprint density at radius 2 is 0.984 bits per heavy atom. The highest BCUT2D eigenvalue weighted by Crippen LogP contribution is 2.43. The van der Waals surface area contributed by atoms with Crippen molar-refractivity contribution in [1.29, 1.82) is 0 Å². The van der Waals surface area contributed by atoms with Crippen molar-refractivity contribution in [3.63, 3.8) is 0 Å². The Balaban J connectivity index is 4.69. The molecular formula is C46H84O15P2. The minimum atomic E-state index is -4.90. The highest BCUT2D eigenvalue weighted by molar-refractivity contribution is 7.47. The second kappa shape index (κ2) is 40.3. The van der Waals surface area contributed by atoms with Crippen LogP contribution in [0.1, 0.15) is 175 Å². The molecule has 0 aliphatic rings. The van der Waals surface area contributed by atoms with E-state index >= 15 is 0 Å². The maximum Gasteiger partial charge on any atom is 0.472 e. The largest absolute Gasteiger partial charge is 0.472 e. The van der Waals surface area contributed by atoms with E-state index in [2.05, 4.69) is 60.2 Å². The molecule has 0 bridgehead atoms. The average molecular weight is 939 g/mol. The van der Waals surface area contributed by atoms with Crippen molar-refractivity contribution in [3.05, 3.63) is 48.6 Å². The van der Waals surface area contributed by atoms with Crippen molar-refractivity contribution in [1.82, 2.24) is 0 Å². The summed E-state index contributed by atoms with van der Waals surface area (Å²) in [6, 6.07) is 0. The molecule has 0 aliphatic carbocycles. The van der Waals surface area contributed by atoms with Gasteiger partial charge in [-0.25, -0.2) is 9.13 Å². The highest BCUT2D eigenvalue weighted by atomic mass is 31.2. The molecule has 17 heteroatoms. The Kier molecular flexibility index (Phi) is 39.0. The molecule has 0 aromatic rings. The van der Waals surface area contributed by atoms with Crippen LogP contribution in [0.5, 0.6) is 0 Å². The summed E-state index contributed by atoms with van der Waals surface area (Å²) >= 11 is 0. The Morgan fingerprint density at radius 3 is 1.51 bits per heavy atom. The van der Waals surface area contributed by atoms with Gasteiger partial charge in [0.15, 0.2) is 6.10 Å². The lowest BCUT2D eigenvalue weighted by molar-refractivity contribution is -0.161. The number of ether oxygens (including phenoxy) is 2. The fourth-order valence-electron chi connectivity index (χ4n) is 6.21. The molecule has 368 valence electrons. The van der Waals surface area contributed by atoms with Crippen LogP contribution in [0.2, 0.25) is 0 Å². The number of unbranched alkanes of at least 4 members (excludes halogenated alkanes) is 13. The lowest BCUT2D eigenvalue weighted by atomic mass is 10.0. The van der Waals surface area contributed by atoms with Crippen molar-refractivity contribution < 1.29 is 71.8 Å². The number of rotatable bonds is 43. The van der Waals surface area contributed by atoms with Crippen LogP contribution in [-0.4, -0.2) is 92.8 Å². The fraction of sp³-hybridized carbons (Fsp3) is 0.783. The van der Waals surface area contributed by atoms with Crippen LogP contribution in [0.4, 0.5) is 0 Å². The number of phosphoric ester groups is 2. The van der Waals surface area contributed by atoms with Gasteiger partial charge in [-0.05, 0) is 57.3 Å². The van der Waals surface area contributed by atoms with E-state index in [0.29, 0.717) is 12.8 Å². The topological polar surface area (TPSA) is 236 Å². The average Bonchev–Trinajstić information content (AvgIpc) is 3.22. The molecule has 0 spiro atoms. The Bertz CT molecular complexity index is 1350. The van der Waals surface area contributed by atoms with E-state index in [9.17, 15) is 38.9 Å². The smallest absolute Gasteiger partial charge is 0.462 e. The van der Waals surface area contributed by atoms with E-state index in [-0.39, 0.29) is 32.1 Å². The molecule has 63 heavy (non-hydrogen) atoms. The number of carbonyl (C=O) groups is 2. The maximum atomic E-state index is 12.7. The number of carbonyl (C=O) groups excluding carboxylic acids is 2. The normalized spacial score (nSPS) is 15.5. The van der Waals surface area contributed by atoms with Crippen LogP contribution in [0.15, 0.2) is 48.6 Å². The summed E-state index contributed by atoms with van der Waals surface area (Å²) < 4.78 is 47.7. The molecule has 0 aromatic heterocycles. The van der Waals surface area contributed by atoms with Crippen LogP contribution in [0, 0.1) is 5.92 Å². The fourth-order valence-corrected chi connectivity index (χ4v) is 7.36. The number of allylic oxidation sites excluding steroid dienone is 7. The van der Waals surface area contributed by atoms with E-state index < -0.39 is 78.4 Å². The van der Waals surface area contributed by atoms with Crippen molar-refractivity contribution >= 4 is 27.6 Å². The molecule has 5 atom stereocenters. The lowest BCUT2D eigenvalue weighted by Crippen LogP contribution is -2.30. The second-order valence-corrected chi connectivity index (χ2v) is 19.1. The Labute approximate surface area is 378 Å². The van der Waals surface area contributed by atoms with E-state index in [0.717, 1.165) is 50.9 Å². The zero-order valence-electron chi connectivity index (χ0n) is 38.6. The number of hydrogen-bond acceptors (Lipinski definition) is 12. The zero-order chi connectivity index (χ0) is 47.0. The van der Waals surface area contributed by atoms with Gasteiger partial charge in [0, 0.05) is 12.8 Å². The summed E-state index contributed by atoms with van der Waals surface area (Å²) in [5.74, 6) is -0.520. The zero-order valence-corrected chi connectivity index (χ0v) is 40.3. The second-order valence-electron chi connectivity index (χ2n) is 16.4. The van der Waals surface area contributed by atoms with Gasteiger partial charge in [-0.3, -0.25) is 23.2 Å². The standard InChI is InChI=1S/C46H84O15P2/c1-4-5-6-7-8-9-10-16-19-22-25-28-32-43(48)44(49)33-30-35-45(50)57-38-42(39-60-63(55,56)59-37-41(47)36-58-62(52,53)54)61-46(51)34-29-26-23-20-17-14-12-11-13-15-18-21-24-27-31-40(2)3/h5-6,8-9,16,19,25,28,40-44,47-49H,4,7,10-15,17-18,20-24,26-27,29-39H2,1-3H3,(H,55,56)(H2,52,53,54)/b6-5-,9-8-,19-16-,28-25-/t41-,42+,43-,44-/m0/s1. The first-order chi connectivity index (χ1) is 30.0. The van der Waals surface area contributed by atoms with Crippen molar-refractivity contribution in [2.24, 2.45) is 5.92 Å². The van der Waals surface area contributed by atoms with Crippen LogP contribution in [0.3, 0.4) is 0 Å². The summed E-state index contributed by atoms with van der Waals surface area (Å²) in [5.41, 5.74) is 0. The third-order valence-electron chi connectivity index (χ3n) is 9.85. The molecule has 0 amide bonds. The van der Waals surface area contributed by atoms with Crippen molar-refractivity contribution in [2.75, 3.05) is 26.4 Å². The van der Waals surface area contributed by atoms with Gasteiger partial charge in [-0.15, -0.1) is 0 Å². The molecule has 0 saturated carbocycles. The predicted molar refractivity (Wildman–Crippen MR) is 246 cm³/mol. The summed E-state index contributed by atoms with van der Waals surface area (Å²) in [5, 5.41) is 30.5. The van der Waals surface area contributed by atoms with Gasteiger partial charge >= 0.3 is 27.6 Å². The Morgan fingerprint density at radius 1 is 0.524 bits per heavy atom. The van der Waals surface area contributed by atoms with Gasteiger partial charge < -0.3 is 39.5 Å². The van der Waals surface area contributed by atoms with Crippen LogP contribution in [-0.2, 0) is 41.8 Å². The van der Waals surface area contributed by atoms with Crippen molar-refractivity contribution in [3.8, 4) is 0 Å². The van der Waals surface area contributed by atoms with Gasteiger partial charge in [0.2, 0.25) is 0 Å². The summed E-state index contributed by atoms with van der Waals surface area (Å²) in [7, 11) is -9.77. The van der Waals surface area contributed by atoms with Gasteiger partial charge in [0.1, 0.15) is 12.7 Å². The molecule has 1 unspecified atom stereocenters. The minimum Gasteiger partial charge on any atom is -0.462 e. The third-order valence-corrected chi connectivity index (χ3v) is 11.3. The van der Waals surface area contributed by atoms with E-state index in [1.807, 2.05) is 12.2 Å². The SMILES string of the molecule is CC/C=C\C/C=C\C/C=C\C/C=C\C[C@H](O)[C@@H](O)CCCC(=O)OC[C@H](COP(=O)(O)OC[C@@H](O)COP(=O)(O)O)OC(=O)CCCCCCCCCCCCCCCCC(C)C. The predicted octanol–water partition coefficient (Wildman–Crippen LogP) is 10.0. The third kappa shape index (κ3) is 43.7. The Hall–Kier alpha value is -2.00. The molecule has 0 aromatic carbocycles. The van der Waals surface area contributed by atoms with Gasteiger partial charge in [0.25, 0.3) is 0 Å². The molecule has 0 radical (unpaired) electrons. The van der Waals surface area contributed by atoms with Gasteiger partial charge in [-0.2, -0.15) is 0 Å². The molecule has 6 N–H and O–H groups in total. The number of aliphatic hydroxyl groups is 3. The van der Waals surface area contributed by atoms with Crippen LogP contribution < -0.4 is 0 Å². The number of aliphatic hydroxyl groups excluding tert-OH is 3. The first-order valence-electron chi connectivity index (χ1n) is 23.4. The molecular weight excluding hydrogens is 854 g/mol. The van der Waals surface area contributed by atoms with Gasteiger partial charge in [0.05, 0.1) is 32.0 Å². The van der Waals surface area contributed by atoms with E-state index in [1.165, 1.54) is 64.2 Å². The minimum absolute atomic E-state index is 0.0715. The van der Waals surface area contributed by atoms with Crippen LogP contribution >= 0.6 is 15.6 Å². The lowest BCUT2D eigenvalue weighted by Gasteiger charge is -2.20. The number of phosphoric acid groups is 2. The first kappa shape index (κ1) is 61.0. The number of hydrogen-bond donors (Lipinski definition) is 6. The quantitative estimate of drug-likeness (QED) is 0.0144. The summed E-state index contributed by atoms with van der Waals surface area (Å²) in [6.45, 7) is 3.65. The molecule has 0 rings (SSSR count). The maximum absolute atomic E-state index is 12.7. The van der Waals surface area contributed by atoms with Gasteiger partial charge in [-0.1, -0.05) is 159 Å². The first-order valence-corrected chi connectivity index (χ1v) is 26.4. The molecule has 0 aliphatic heterocycles. The molecule has 0 heterocycles. The van der Waals surface area contributed by atoms with E-state index in [4.69, 9.17) is 23.8 Å². The van der Waals surface area contributed by atoms with Crippen LogP contribution in [0.25, 0.3) is 0 Å².